The molecule has 0 fully saturated rings. The maximum Gasteiger partial charge on any atom is -0.0146 e. The number of hydrogen-bond donors (Lipinski definition) is 0. The Morgan fingerprint density at radius 3 is 0.683 bits per heavy atom. The van der Waals surface area contributed by atoms with E-state index in [0.29, 0.717) is 0 Å². The lowest BCUT2D eigenvalue weighted by Gasteiger charge is -2.11. The normalized spacial score (nSPS) is 9.95. The van der Waals surface area contributed by atoms with Crippen LogP contribution in [0.2, 0.25) is 0 Å². The molecule has 13 aromatic rings. The molecule has 0 heteroatoms. The lowest BCUT2D eigenvalue weighted by molar-refractivity contribution is 1.37. The van der Waals surface area contributed by atoms with Gasteiger partial charge in [0, 0.05) is 0 Å². The maximum atomic E-state index is 2.30. The summed E-state index contributed by atoms with van der Waals surface area (Å²) in [6.45, 7) is 41.6. The van der Waals surface area contributed by atoms with Gasteiger partial charge < -0.3 is 0 Å². The van der Waals surface area contributed by atoms with Crippen LogP contribution in [0.4, 0.5) is 0 Å². The van der Waals surface area contributed by atoms with Crippen molar-refractivity contribution in [3.63, 3.8) is 0 Å². The Labute approximate surface area is 495 Å². The summed E-state index contributed by atoms with van der Waals surface area (Å²) in [4.78, 5) is 0. The Bertz CT molecular complexity index is 3770. The molecule has 424 valence electrons. The molecular weight excluding hydrogens is 985 g/mol. The van der Waals surface area contributed by atoms with Crippen LogP contribution < -0.4 is 0 Å². The van der Waals surface area contributed by atoms with Gasteiger partial charge in [0.05, 0.1) is 0 Å². The largest absolute Gasteiger partial charge is 0.0683 e. The smallest absolute Gasteiger partial charge is 0.0146 e. The summed E-state index contributed by atoms with van der Waals surface area (Å²) < 4.78 is 0. The van der Waals surface area contributed by atoms with Crippen LogP contribution in [0.3, 0.4) is 0 Å². The topological polar surface area (TPSA) is 0 Å². The van der Waals surface area contributed by atoms with E-state index in [-0.39, 0.29) is 0 Å². The molecule has 0 spiro atoms. The van der Waals surface area contributed by atoms with Gasteiger partial charge in [0.25, 0.3) is 0 Å². The lowest BCUT2D eigenvalue weighted by Crippen LogP contribution is -1.87. The molecule has 13 aromatic carbocycles. The third kappa shape index (κ3) is 17.2. The summed E-state index contributed by atoms with van der Waals surface area (Å²) in [7, 11) is 0. The molecule has 0 saturated carbocycles. The summed E-state index contributed by atoms with van der Waals surface area (Å²) in [5.41, 5.74) is 13.5. The van der Waals surface area contributed by atoms with Crippen molar-refractivity contribution < 1.29 is 0 Å². The minimum absolute atomic E-state index is 1.32. The highest BCUT2D eigenvalue weighted by atomic mass is 14.1. The molecular formula is C82H96. The van der Waals surface area contributed by atoms with E-state index < -0.39 is 0 Å². The van der Waals surface area contributed by atoms with E-state index in [2.05, 4.69) is 288 Å². The average Bonchev–Trinajstić information content (AvgIpc) is 3.63. The highest BCUT2D eigenvalue weighted by Gasteiger charge is 2.07. The van der Waals surface area contributed by atoms with Crippen molar-refractivity contribution in [2.24, 2.45) is 0 Å². The van der Waals surface area contributed by atoms with Gasteiger partial charge in [0.15, 0.2) is 0 Å². The molecule has 82 heavy (non-hydrogen) atoms. The van der Waals surface area contributed by atoms with Crippen LogP contribution in [0.15, 0.2) is 218 Å². The van der Waals surface area contributed by atoms with Crippen molar-refractivity contribution in [3.05, 3.63) is 274 Å². The number of aryl methyl sites for hydroxylation is 10. The molecule has 0 radical (unpaired) electrons. The van der Waals surface area contributed by atoms with Crippen LogP contribution in [0.5, 0.6) is 0 Å². The quantitative estimate of drug-likeness (QED) is 0.133. The molecule has 0 aliphatic heterocycles. The zero-order valence-corrected chi connectivity index (χ0v) is 53.8. The van der Waals surface area contributed by atoms with E-state index in [0.717, 1.165) is 0 Å². The van der Waals surface area contributed by atoms with Gasteiger partial charge in [-0.25, -0.2) is 0 Å². The van der Waals surface area contributed by atoms with E-state index in [4.69, 9.17) is 0 Å². The van der Waals surface area contributed by atoms with Crippen molar-refractivity contribution >= 4 is 86.2 Å². The van der Waals surface area contributed by atoms with Crippen LogP contribution in [0.1, 0.15) is 125 Å². The Balaban J connectivity index is 0.000000213. The van der Waals surface area contributed by atoms with Crippen LogP contribution in [-0.2, 0) is 0 Å². The fourth-order valence-electron chi connectivity index (χ4n) is 10.1. The molecule has 0 heterocycles. The molecule has 0 nitrogen and oxygen atoms in total. The van der Waals surface area contributed by atoms with Crippen molar-refractivity contribution in [2.75, 3.05) is 0 Å². The molecule has 0 saturated heterocycles. The van der Waals surface area contributed by atoms with Gasteiger partial charge in [-0.2, -0.15) is 0 Å². The van der Waals surface area contributed by atoms with Crippen LogP contribution in [0, 0.1) is 69.2 Å². The fourth-order valence-corrected chi connectivity index (χ4v) is 10.1. The van der Waals surface area contributed by atoms with E-state index in [1.165, 1.54) is 142 Å². The Kier molecular flexibility index (Phi) is 27.3. The second-order valence-corrected chi connectivity index (χ2v) is 20.0. The molecule has 0 bridgehead atoms. The number of hydrogen-bond acceptors (Lipinski definition) is 0. The van der Waals surface area contributed by atoms with Gasteiger partial charge in [0.1, 0.15) is 0 Å². The molecule has 13 rings (SSSR count). The average molecular weight is 1080 g/mol. The Morgan fingerprint density at radius 2 is 0.390 bits per heavy atom. The van der Waals surface area contributed by atoms with Crippen LogP contribution in [0.25, 0.3) is 86.2 Å². The first-order valence-corrected chi connectivity index (χ1v) is 30.4. The third-order valence-corrected chi connectivity index (χ3v) is 14.4. The molecule has 0 N–H and O–H groups in total. The molecule has 0 amide bonds. The van der Waals surface area contributed by atoms with Crippen molar-refractivity contribution in [1.82, 2.24) is 0 Å². The lowest BCUT2D eigenvalue weighted by atomic mass is 9.93. The Hall–Kier alpha value is -8.06. The van der Waals surface area contributed by atoms with E-state index >= 15 is 0 Å². The summed E-state index contributed by atoms with van der Waals surface area (Å²) in [6, 6.07) is 78.7. The fraction of sp³-hybridized carbons (Fsp3) is 0.244. The highest BCUT2D eigenvalue weighted by molar-refractivity contribution is 6.05. The Morgan fingerprint density at radius 1 is 0.159 bits per heavy atom. The SMILES string of the molecule is CC.CC.CC.CC.CC.Cc1c2ccccc2c(C)c2ccccc12.Cc1cc2ccccc2cc1C.Cc1ccc(C)c2cc3ccccc3cc12.Cc1ccc2cc3cc(C)ccc3cc2c1.Cc1ccc2ccc(C)cc2c1. The molecule has 0 unspecified atom stereocenters. The second kappa shape index (κ2) is 33.6. The zero-order valence-electron chi connectivity index (χ0n) is 53.8. The summed E-state index contributed by atoms with van der Waals surface area (Å²) in [5.74, 6) is 0. The number of fused-ring (bicyclic) bond motifs is 8. The molecule has 0 aliphatic carbocycles. The van der Waals surface area contributed by atoms with Gasteiger partial charge in [0.2, 0.25) is 0 Å². The summed E-state index contributed by atoms with van der Waals surface area (Å²) in [6.07, 6.45) is 0. The van der Waals surface area contributed by atoms with Crippen molar-refractivity contribution in [3.8, 4) is 0 Å². The minimum Gasteiger partial charge on any atom is -0.0683 e. The third-order valence-electron chi connectivity index (χ3n) is 14.4. The number of rotatable bonds is 0. The number of benzene rings is 13. The standard InChI is InChI=1S/3C16H14.2C12H12.5C2H6/c1-11-3-5-13-10-16-8-12(2)4-6-14(16)9-15(13)7-11;1-11-13-7-3-5-9-15(13)12(2)16-10-6-4-8-14(11)16;1-11-7-8-12(2)16-10-14-6-4-3-5-13(14)9-15(11)16;1-9-3-5-11-6-4-10(2)8-12(11)7-9;1-9-7-11-5-3-4-6-12(11)8-10(9)2;5*1-2/h3*3-10H,1-2H3;2*3-8H,1-2H3;5*1-2H3. The first kappa shape index (κ1) is 66.5. The first-order chi connectivity index (χ1) is 39.8. The maximum absolute atomic E-state index is 2.30. The van der Waals surface area contributed by atoms with Gasteiger partial charge >= 0.3 is 0 Å². The van der Waals surface area contributed by atoms with Crippen LogP contribution >= 0.6 is 0 Å². The predicted molar refractivity (Wildman–Crippen MR) is 376 cm³/mol. The molecule has 0 atom stereocenters. The second-order valence-electron chi connectivity index (χ2n) is 20.0. The predicted octanol–water partition coefficient (Wildman–Crippen LogP) is 25.9. The van der Waals surface area contributed by atoms with E-state index in [9.17, 15) is 0 Å². The van der Waals surface area contributed by atoms with E-state index in [1.807, 2.05) is 69.2 Å². The van der Waals surface area contributed by atoms with Gasteiger partial charge in [-0.05, 0) is 213 Å². The van der Waals surface area contributed by atoms with Crippen molar-refractivity contribution in [2.45, 2.75) is 138 Å². The van der Waals surface area contributed by atoms with Gasteiger partial charge in [-0.1, -0.05) is 286 Å². The van der Waals surface area contributed by atoms with Gasteiger partial charge in [-0.3, -0.25) is 0 Å². The highest BCUT2D eigenvalue weighted by Crippen LogP contribution is 2.32. The molecule has 0 aromatic heterocycles. The summed E-state index contributed by atoms with van der Waals surface area (Å²) in [5, 5.41) is 21.5. The van der Waals surface area contributed by atoms with Gasteiger partial charge in [-0.15, -0.1) is 0 Å². The zero-order chi connectivity index (χ0) is 60.5. The van der Waals surface area contributed by atoms with Crippen LogP contribution in [-0.4, -0.2) is 0 Å². The van der Waals surface area contributed by atoms with E-state index in [1.54, 1.807) is 0 Å². The monoisotopic (exact) mass is 1080 g/mol. The molecule has 0 aliphatic rings. The summed E-state index contributed by atoms with van der Waals surface area (Å²) >= 11 is 0. The first-order valence-electron chi connectivity index (χ1n) is 30.4. The minimum atomic E-state index is 1.32. The van der Waals surface area contributed by atoms with Crippen molar-refractivity contribution in [1.29, 1.82) is 0 Å².